The Morgan fingerprint density at radius 1 is 1.33 bits per heavy atom. The van der Waals surface area contributed by atoms with Crippen LogP contribution in [0.25, 0.3) is 0 Å². The molecule has 2 amide bonds. The summed E-state index contributed by atoms with van der Waals surface area (Å²) in [5.41, 5.74) is -0.555. The van der Waals surface area contributed by atoms with E-state index in [4.69, 9.17) is 16.3 Å². The first-order valence-corrected chi connectivity index (χ1v) is 6.77. The molecule has 1 aromatic carbocycles. The molecule has 0 spiro atoms. The Bertz CT molecular complexity index is 529. The summed E-state index contributed by atoms with van der Waals surface area (Å²) in [5.74, 6) is -1.04. The number of rotatable bonds is 4. The van der Waals surface area contributed by atoms with Gasteiger partial charge in [-0.15, -0.1) is 0 Å². The van der Waals surface area contributed by atoms with Crippen LogP contribution in [0.2, 0.25) is 5.02 Å². The number of hydrogen-bond donors (Lipinski definition) is 2. The SMILES string of the molecule is CC(C)(C)OC(=O)NCCC(=O)Nc1ccc(Cl)cc1F. The Labute approximate surface area is 127 Å². The molecule has 0 heterocycles. The predicted molar refractivity (Wildman–Crippen MR) is 78.9 cm³/mol. The molecule has 0 aromatic heterocycles. The molecule has 0 aliphatic heterocycles. The van der Waals surface area contributed by atoms with Gasteiger partial charge in [0, 0.05) is 18.0 Å². The van der Waals surface area contributed by atoms with Crippen LogP contribution >= 0.6 is 11.6 Å². The van der Waals surface area contributed by atoms with Crippen molar-refractivity contribution < 1.29 is 18.7 Å². The van der Waals surface area contributed by atoms with Gasteiger partial charge in [-0.05, 0) is 39.0 Å². The van der Waals surface area contributed by atoms with Gasteiger partial charge in [0.15, 0.2) is 0 Å². The van der Waals surface area contributed by atoms with Gasteiger partial charge in [0.25, 0.3) is 0 Å². The summed E-state index contributed by atoms with van der Waals surface area (Å²) in [6.45, 7) is 5.31. The predicted octanol–water partition coefficient (Wildman–Crippen LogP) is 3.33. The quantitative estimate of drug-likeness (QED) is 0.895. The lowest BCUT2D eigenvalue weighted by Crippen LogP contribution is -2.34. The number of anilines is 1. The monoisotopic (exact) mass is 316 g/mol. The topological polar surface area (TPSA) is 67.4 Å². The second-order valence-corrected chi connectivity index (χ2v) is 5.79. The Hall–Kier alpha value is -1.82. The second-order valence-electron chi connectivity index (χ2n) is 5.35. The van der Waals surface area contributed by atoms with Gasteiger partial charge in [-0.1, -0.05) is 11.6 Å². The van der Waals surface area contributed by atoms with Gasteiger partial charge >= 0.3 is 6.09 Å². The van der Waals surface area contributed by atoms with Crippen LogP contribution in [0.4, 0.5) is 14.9 Å². The van der Waals surface area contributed by atoms with Crippen LogP contribution in [0, 0.1) is 5.82 Å². The molecule has 0 fully saturated rings. The van der Waals surface area contributed by atoms with E-state index in [2.05, 4.69) is 10.6 Å². The van der Waals surface area contributed by atoms with Crippen LogP contribution in [0.1, 0.15) is 27.2 Å². The number of carbonyl (C=O) groups excluding carboxylic acids is 2. The van der Waals surface area contributed by atoms with Crippen molar-refractivity contribution in [2.75, 3.05) is 11.9 Å². The van der Waals surface area contributed by atoms with E-state index in [1.807, 2.05) is 0 Å². The molecule has 0 saturated carbocycles. The zero-order chi connectivity index (χ0) is 16.0. The molecule has 7 heteroatoms. The van der Waals surface area contributed by atoms with E-state index < -0.39 is 23.4 Å². The first kappa shape index (κ1) is 17.2. The van der Waals surface area contributed by atoms with Gasteiger partial charge in [-0.25, -0.2) is 9.18 Å². The highest BCUT2D eigenvalue weighted by atomic mass is 35.5. The Balaban J connectivity index is 2.36. The van der Waals surface area contributed by atoms with Crippen molar-refractivity contribution >= 4 is 29.3 Å². The first-order chi connectivity index (χ1) is 9.67. The molecule has 0 saturated heterocycles. The molecule has 0 aliphatic rings. The summed E-state index contributed by atoms with van der Waals surface area (Å²) >= 11 is 5.61. The van der Waals surface area contributed by atoms with Crippen molar-refractivity contribution in [1.82, 2.24) is 5.32 Å². The van der Waals surface area contributed by atoms with E-state index >= 15 is 0 Å². The number of halogens is 2. The normalized spacial score (nSPS) is 10.9. The number of alkyl carbamates (subject to hydrolysis) is 1. The molecule has 2 N–H and O–H groups in total. The number of hydrogen-bond acceptors (Lipinski definition) is 3. The number of ether oxygens (including phenoxy) is 1. The minimum Gasteiger partial charge on any atom is -0.444 e. The van der Waals surface area contributed by atoms with Crippen molar-refractivity contribution in [1.29, 1.82) is 0 Å². The van der Waals surface area contributed by atoms with Crippen LogP contribution in [-0.2, 0) is 9.53 Å². The Morgan fingerprint density at radius 3 is 2.57 bits per heavy atom. The average Bonchev–Trinajstić information content (AvgIpc) is 2.30. The fourth-order valence-corrected chi connectivity index (χ4v) is 1.55. The van der Waals surface area contributed by atoms with Crippen molar-refractivity contribution in [3.05, 3.63) is 29.0 Å². The molecule has 5 nitrogen and oxygen atoms in total. The molecule has 0 atom stereocenters. The minimum atomic E-state index is -0.615. The Morgan fingerprint density at radius 2 is 2.00 bits per heavy atom. The van der Waals surface area contributed by atoms with Crippen LogP contribution in [0.15, 0.2) is 18.2 Å². The molecule has 0 bridgehead atoms. The molecule has 1 aromatic rings. The van der Waals surface area contributed by atoms with Gasteiger partial charge in [-0.3, -0.25) is 4.79 Å². The maximum Gasteiger partial charge on any atom is 0.407 e. The summed E-state index contributed by atoms with van der Waals surface area (Å²) in [6, 6.07) is 3.95. The number of benzene rings is 1. The van der Waals surface area contributed by atoms with Crippen LogP contribution in [0.3, 0.4) is 0 Å². The van der Waals surface area contributed by atoms with Gasteiger partial charge in [0.1, 0.15) is 11.4 Å². The van der Waals surface area contributed by atoms with Gasteiger partial charge in [-0.2, -0.15) is 0 Å². The molecule has 21 heavy (non-hydrogen) atoms. The molecule has 0 unspecified atom stereocenters. The average molecular weight is 317 g/mol. The van der Waals surface area contributed by atoms with Gasteiger partial charge < -0.3 is 15.4 Å². The first-order valence-electron chi connectivity index (χ1n) is 6.39. The van der Waals surface area contributed by atoms with Crippen LogP contribution in [-0.4, -0.2) is 24.1 Å². The maximum atomic E-state index is 13.5. The van der Waals surface area contributed by atoms with Crippen molar-refractivity contribution in [2.45, 2.75) is 32.8 Å². The zero-order valence-electron chi connectivity index (χ0n) is 12.1. The van der Waals surface area contributed by atoms with Crippen molar-refractivity contribution in [3.63, 3.8) is 0 Å². The van der Waals surface area contributed by atoms with Crippen molar-refractivity contribution in [2.24, 2.45) is 0 Å². The van der Waals surface area contributed by atoms with Gasteiger partial charge in [0.05, 0.1) is 5.69 Å². The number of amides is 2. The number of nitrogens with one attached hydrogen (secondary N) is 2. The molecule has 0 radical (unpaired) electrons. The Kier molecular flexibility index (Phi) is 5.96. The third kappa shape index (κ3) is 6.94. The maximum absolute atomic E-state index is 13.5. The molecular weight excluding hydrogens is 299 g/mol. The summed E-state index contributed by atoms with van der Waals surface area (Å²) < 4.78 is 18.5. The molecule has 116 valence electrons. The van der Waals surface area contributed by atoms with Crippen LogP contribution < -0.4 is 10.6 Å². The van der Waals surface area contributed by atoms with E-state index in [0.29, 0.717) is 0 Å². The van der Waals surface area contributed by atoms with Crippen LogP contribution in [0.5, 0.6) is 0 Å². The fraction of sp³-hybridized carbons (Fsp3) is 0.429. The van der Waals surface area contributed by atoms with E-state index in [1.165, 1.54) is 12.1 Å². The highest BCUT2D eigenvalue weighted by Crippen LogP contribution is 2.18. The summed E-state index contributed by atoms with van der Waals surface area (Å²) in [5, 5.41) is 5.08. The van der Waals surface area contributed by atoms with Gasteiger partial charge in [0.2, 0.25) is 5.91 Å². The second kappa shape index (κ2) is 7.26. The minimum absolute atomic E-state index is 0.00130. The lowest BCUT2D eigenvalue weighted by molar-refractivity contribution is -0.116. The third-order valence-corrected chi connectivity index (χ3v) is 2.46. The fourth-order valence-electron chi connectivity index (χ4n) is 1.40. The zero-order valence-corrected chi connectivity index (χ0v) is 12.9. The van der Waals surface area contributed by atoms with E-state index in [9.17, 15) is 14.0 Å². The largest absolute Gasteiger partial charge is 0.444 e. The van der Waals surface area contributed by atoms with E-state index in [1.54, 1.807) is 20.8 Å². The molecular formula is C14H18ClFN2O3. The summed E-state index contributed by atoms with van der Waals surface area (Å²) in [6.07, 6.45) is -0.602. The van der Waals surface area contributed by atoms with Crippen molar-refractivity contribution in [3.8, 4) is 0 Å². The third-order valence-electron chi connectivity index (χ3n) is 2.23. The summed E-state index contributed by atoms with van der Waals surface area (Å²) in [7, 11) is 0. The standard InChI is InChI=1S/C14H18ClFN2O3/c1-14(2,3)21-13(20)17-7-6-12(19)18-11-5-4-9(15)8-10(11)16/h4-5,8H,6-7H2,1-3H3,(H,17,20)(H,18,19). The number of carbonyl (C=O) groups is 2. The lowest BCUT2D eigenvalue weighted by atomic mass is 10.2. The molecule has 0 aliphatic carbocycles. The highest BCUT2D eigenvalue weighted by Gasteiger charge is 2.16. The van der Waals surface area contributed by atoms with E-state index in [-0.39, 0.29) is 23.7 Å². The smallest absolute Gasteiger partial charge is 0.407 e. The summed E-state index contributed by atoms with van der Waals surface area (Å²) in [4.78, 5) is 23.0. The van der Waals surface area contributed by atoms with E-state index in [0.717, 1.165) is 6.07 Å². The molecule has 1 rings (SSSR count). The lowest BCUT2D eigenvalue weighted by Gasteiger charge is -2.19. The highest BCUT2D eigenvalue weighted by molar-refractivity contribution is 6.30.